The molecule has 0 atom stereocenters. The van der Waals surface area contributed by atoms with Crippen LogP contribution in [0.5, 0.6) is 0 Å². The average molecular weight is 414 g/mol. The molecule has 1 aromatic carbocycles. The number of pyridine rings is 1. The van der Waals surface area contributed by atoms with Gasteiger partial charge in [0.05, 0.1) is 22.5 Å². The van der Waals surface area contributed by atoms with Gasteiger partial charge in [-0.05, 0) is 36.8 Å². The molecule has 0 aliphatic carbocycles. The Morgan fingerprint density at radius 1 is 1.07 bits per heavy atom. The number of carbonyl (C=O) groups excluding carboxylic acids is 1. The summed E-state index contributed by atoms with van der Waals surface area (Å²) in [6, 6.07) is 17.7. The zero-order valence-electron chi connectivity index (χ0n) is 16.3. The van der Waals surface area contributed by atoms with Crippen molar-refractivity contribution in [2.75, 3.05) is 0 Å². The van der Waals surface area contributed by atoms with Crippen molar-refractivity contribution in [2.24, 2.45) is 0 Å². The summed E-state index contributed by atoms with van der Waals surface area (Å²) in [5, 5.41) is 3.79. The van der Waals surface area contributed by atoms with Gasteiger partial charge in [0, 0.05) is 18.0 Å². The maximum atomic E-state index is 12.8. The van der Waals surface area contributed by atoms with Gasteiger partial charge in [0.2, 0.25) is 5.82 Å². The van der Waals surface area contributed by atoms with Gasteiger partial charge in [0.25, 0.3) is 5.91 Å². The minimum atomic E-state index is -0.330. The average Bonchev–Trinajstić information content (AvgIpc) is 3.36. The summed E-state index contributed by atoms with van der Waals surface area (Å²) in [7, 11) is 0. The first kappa shape index (κ1) is 18.4. The molecule has 0 spiro atoms. The fourth-order valence-corrected chi connectivity index (χ4v) is 4.44. The normalized spacial score (nSPS) is 11.2. The van der Waals surface area contributed by atoms with Crippen molar-refractivity contribution >= 4 is 37.7 Å². The Morgan fingerprint density at radius 2 is 1.93 bits per heavy atom. The Morgan fingerprint density at radius 3 is 2.73 bits per heavy atom. The molecule has 4 heterocycles. The van der Waals surface area contributed by atoms with Gasteiger partial charge in [-0.2, -0.15) is 0 Å². The molecule has 0 aliphatic heterocycles. The van der Waals surface area contributed by atoms with Gasteiger partial charge in [-0.25, -0.2) is 15.0 Å². The van der Waals surface area contributed by atoms with Gasteiger partial charge < -0.3 is 9.73 Å². The molecular formula is C23H18N4O2S. The number of aromatic nitrogens is 3. The van der Waals surface area contributed by atoms with Crippen molar-refractivity contribution < 1.29 is 9.21 Å². The van der Waals surface area contributed by atoms with Gasteiger partial charge >= 0.3 is 0 Å². The van der Waals surface area contributed by atoms with E-state index in [1.165, 1.54) is 0 Å². The summed E-state index contributed by atoms with van der Waals surface area (Å²) in [6.45, 7) is 2.15. The van der Waals surface area contributed by atoms with E-state index in [1.54, 1.807) is 17.5 Å². The number of thiophene rings is 1. The van der Waals surface area contributed by atoms with Crippen LogP contribution in [0.15, 0.2) is 65.2 Å². The quantitative estimate of drug-likeness (QED) is 0.452. The number of furan rings is 1. The molecule has 6 nitrogen and oxygen atoms in total. The Kier molecular flexibility index (Phi) is 4.72. The first-order chi connectivity index (χ1) is 14.7. The highest BCUT2D eigenvalue weighted by Gasteiger charge is 2.18. The smallest absolute Gasteiger partial charge is 0.289 e. The second-order valence-electron chi connectivity index (χ2n) is 6.99. The molecule has 1 amide bonds. The number of hydrogen-bond donors (Lipinski definition) is 1. The monoisotopic (exact) mass is 414 g/mol. The van der Waals surface area contributed by atoms with Crippen molar-refractivity contribution in [3.05, 3.63) is 89.4 Å². The first-order valence-electron chi connectivity index (χ1n) is 9.59. The van der Waals surface area contributed by atoms with Crippen LogP contribution < -0.4 is 5.32 Å². The molecule has 1 N–H and O–H groups in total. The van der Waals surface area contributed by atoms with Crippen LogP contribution in [0.4, 0.5) is 0 Å². The van der Waals surface area contributed by atoms with Gasteiger partial charge in [0.15, 0.2) is 0 Å². The summed E-state index contributed by atoms with van der Waals surface area (Å²) in [5.74, 6) is 1.32. The minimum absolute atomic E-state index is 0.153. The molecule has 30 heavy (non-hydrogen) atoms. The lowest BCUT2D eigenvalue weighted by Gasteiger charge is -2.07. The lowest BCUT2D eigenvalue weighted by Crippen LogP contribution is -2.25. The van der Waals surface area contributed by atoms with Crippen LogP contribution in [-0.4, -0.2) is 20.9 Å². The molecule has 0 radical (unpaired) electrons. The number of nitrogens with one attached hydrogen (secondary N) is 1. The number of nitrogens with zero attached hydrogens (tertiary/aromatic N) is 3. The fraction of sp³-hybridized carbons (Fsp3) is 0.130. The van der Waals surface area contributed by atoms with Gasteiger partial charge in [0.1, 0.15) is 16.4 Å². The molecule has 0 unspecified atom stereocenters. The van der Waals surface area contributed by atoms with Gasteiger partial charge in [-0.3, -0.25) is 4.79 Å². The van der Waals surface area contributed by atoms with E-state index in [1.807, 2.05) is 49.4 Å². The molecule has 0 saturated carbocycles. The van der Waals surface area contributed by atoms with Crippen LogP contribution in [0.2, 0.25) is 0 Å². The number of amides is 1. The minimum Gasteiger partial charge on any atom is -0.465 e. The summed E-state index contributed by atoms with van der Waals surface area (Å²) < 4.78 is 6.49. The second-order valence-corrected chi connectivity index (χ2v) is 7.99. The molecule has 5 rings (SSSR count). The highest BCUT2D eigenvalue weighted by atomic mass is 32.1. The number of aryl methyl sites for hydroxylation is 1. The zero-order chi connectivity index (χ0) is 20.5. The molecular weight excluding hydrogens is 396 g/mol. The van der Waals surface area contributed by atoms with E-state index in [0.29, 0.717) is 12.2 Å². The fourth-order valence-electron chi connectivity index (χ4n) is 3.37. The van der Waals surface area contributed by atoms with Crippen molar-refractivity contribution in [3.63, 3.8) is 0 Å². The van der Waals surface area contributed by atoms with Gasteiger partial charge in [-0.15, -0.1) is 11.3 Å². The van der Waals surface area contributed by atoms with Crippen LogP contribution in [0.25, 0.3) is 20.4 Å². The Bertz CT molecular complexity index is 1360. The third-order valence-corrected chi connectivity index (χ3v) is 5.95. The number of fused-ring (bicyclic) bond motifs is 3. The number of carbonyl (C=O) groups is 1. The van der Waals surface area contributed by atoms with E-state index in [2.05, 4.69) is 32.4 Å². The zero-order valence-corrected chi connectivity index (χ0v) is 17.1. The van der Waals surface area contributed by atoms with Crippen LogP contribution in [0.3, 0.4) is 0 Å². The predicted molar refractivity (Wildman–Crippen MR) is 117 cm³/mol. The van der Waals surface area contributed by atoms with Crippen molar-refractivity contribution in [3.8, 4) is 0 Å². The molecule has 4 aromatic heterocycles. The molecule has 148 valence electrons. The van der Waals surface area contributed by atoms with E-state index >= 15 is 0 Å². The topological polar surface area (TPSA) is 80.9 Å². The summed E-state index contributed by atoms with van der Waals surface area (Å²) in [4.78, 5) is 27.4. The van der Waals surface area contributed by atoms with Crippen LogP contribution in [0.1, 0.15) is 33.4 Å². The SMILES string of the molecule is Cc1ccc(CNC(=O)c2nc(Cc3ccccc3)c3sc4ncccc4c3n2)o1. The van der Waals surface area contributed by atoms with E-state index in [-0.39, 0.29) is 18.3 Å². The second kappa shape index (κ2) is 7.68. The molecule has 0 saturated heterocycles. The summed E-state index contributed by atoms with van der Waals surface area (Å²) >= 11 is 1.56. The standard InChI is InChI=1S/C23H18N4O2S/c1-14-9-10-16(29-14)13-25-22(28)21-26-18(12-15-6-3-2-4-7-15)20-19(27-21)17-8-5-11-24-23(17)30-20/h2-11H,12-13H2,1H3,(H,25,28). The number of rotatable bonds is 5. The highest BCUT2D eigenvalue weighted by Crippen LogP contribution is 2.33. The van der Waals surface area contributed by atoms with Crippen molar-refractivity contribution in [1.29, 1.82) is 0 Å². The van der Waals surface area contributed by atoms with Crippen LogP contribution in [-0.2, 0) is 13.0 Å². The van der Waals surface area contributed by atoms with E-state index in [0.717, 1.165) is 37.5 Å². The van der Waals surface area contributed by atoms with Crippen molar-refractivity contribution in [2.45, 2.75) is 19.9 Å². The molecule has 0 fully saturated rings. The highest BCUT2D eigenvalue weighted by molar-refractivity contribution is 7.25. The Labute approximate surface area is 176 Å². The van der Waals surface area contributed by atoms with Crippen LogP contribution in [0, 0.1) is 6.92 Å². The first-order valence-corrected chi connectivity index (χ1v) is 10.4. The predicted octanol–water partition coefficient (Wildman–Crippen LogP) is 4.66. The Balaban J connectivity index is 1.55. The van der Waals surface area contributed by atoms with E-state index in [4.69, 9.17) is 4.42 Å². The largest absolute Gasteiger partial charge is 0.465 e. The number of hydrogen-bond acceptors (Lipinski definition) is 6. The summed E-state index contributed by atoms with van der Waals surface area (Å²) in [6.07, 6.45) is 2.38. The number of benzene rings is 1. The van der Waals surface area contributed by atoms with E-state index in [9.17, 15) is 4.79 Å². The Hall–Kier alpha value is -3.58. The maximum Gasteiger partial charge on any atom is 0.289 e. The summed E-state index contributed by atoms with van der Waals surface area (Å²) in [5.41, 5.74) is 2.72. The third-order valence-electron chi connectivity index (χ3n) is 4.80. The molecule has 5 aromatic rings. The molecule has 7 heteroatoms. The maximum absolute atomic E-state index is 12.8. The van der Waals surface area contributed by atoms with Crippen LogP contribution >= 0.6 is 11.3 Å². The van der Waals surface area contributed by atoms with Crippen molar-refractivity contribution in [1.82, 2.24) is 20.3 Å². The molecule has 0 aliphatic rings. The van der Waals surface area contributed by atoms with E-state index < -0.39 is 0 Å². The third kappa shape index (κ3) is 3.55. The lowest BCUT2D eigenvalue weighted by molar-refractivity contribution is 0.0937. The molecule has 0 bridgehead atoms. The lowest BCUT2D eigenvalue weighted by atomic mass is 10.1. The van der Waals surface area contributed by atoms with Gasteiger partial charge in [-0.1, -0.05) is 30.3 Å².